The smallest absolute Gasteiger partial charge is 0.407 e. The van der Waals surface area contributed by atoms with E-state index in [1.54, 1.807) is 32.9 Å². The van der Waals surface area contributed by atoms with Gasteiger partial charge in [0.25, 0.3) is 10.0 Å². The van der Waals surface area contributed by atoms with Gasteiger partial charge in [0.2, 0.25) is 0 Å². The third kappa shape index (κ3) is 5.18. The maximum absolute atomic E-state index is 12.9. The van der Waals surface area contributed by atoms with Crippen molar-refractivity contribution in [1.82, 2.24) is 9.62 Å². The van der Waals surface area contributed by atoms with Crippen LogP contribution >= 0.6 is 27.3 Å². The fraction of sp³-hybridized carbons (Fsp3) is 0.667. The summed E-state index contributed by atoms with van der Waals surface area (Å²) < 4.78 is 33.5. The summed E-state index contributed by atoms with van der Waals surface area (Å²) in [5, 5.41) is 2.69. The maximum atomic E-state index is 12.9. The third-order valence-corrected chi connectivity index (χ3v) is 7.61. The van der Waals surface area contributed by atoms with Crippen molar-refractivity contribution in [3.05, 3.63) is 15.9 Å². The van der Waals surface area contributed by atoms with Crippen molar-refractivity contribution >= 4 is 43.4 Å². The number of amides is 1. The molecule has 1 aliphatic rings. The predicted molar refractivity (Wildman–Crippen MR) is 97.8 cm³/mol. The standard InChI is InChI=1S/C15H23BrN2O4S2/c1-15(2,3)22-14(19)17-10-11-6-4-5-9-18(11)24(20,21)13-8-7-12(16)23-13/h7-8,11H,4-6,9-10H2,1-3H3,(H,17,19). The molecule has 1 saturated heterocycles. The van der Waals surface area contributed by atoms with Gasteiger partial charge in [-0.3, -0.25) is 0 Å². The molecule has 0 bridgehead atoms. The van der Waals surface area contributed by atoms with E-state index < -0.39 is 21.7 Å². The number of ether oxygens (including phenoxy) is 1. The number of piperidine rings is 1. The van der Waals surface area contributed by atoms with Crippen molar-refractivity contribution in [3.63, 3.8) is 0 Å². The molecule has 9 heteroatoms. The molecule has 1 fully saturated rings. The number of hydrogen-bond donors (Lipinski definition) is 1. The van der Waals surface area contributed by atoms with Gasteiger partial charge in [-0.05, 0) is 61.7 Å². The second-order valence-corrected chi connectivity index (χ2v) is 11.3. The van der Waals surface area contributed by atoms with E-state index in [0.717, 1.165) is 23.0 Å². The van der Waals surface area contributed by atoms with Gasteiger partial charge in [0, 0.05) is 19.1 Å². The first-order chi connectivity index (χ1) is 11.1. The van der Waals surface area contributed by atoms with Crippen LogP contribution in [0.1, 0.15) is 40.0 Å². The monoisotopic (exact) mass is 438 g/mol. The first-order valence-electron chi connectivity index (χ1n) is 7.83. The minimum Gasteiger partial charge on any atom is -0.444 e. The van der Waals surface area contributed by atoms with Gasteiger partial charge in [0.15, 0.2) is 0 Å². The second-order valence-electron chi connectivity index (χ2n) is 6.71. The zero-order chi connectivity index (χ0) is 18.0. The molecule has 136 valence electrons. The average Bonchev–Trinajstić information content (AvgIpc) is 2.91. The lowest BCUT2D eigenvalue weighted by Gasteiger charge is -2.34. The Kier molecular flexibility index (Phi) is 6.33. The lowest BCUT2D eigenvalue weighted by atomic mass is 10.1. The summed E-state index contributed by atoms with van der Waals surface area (Å²) in [6.07, 6.45) is 1.97. The number of nitrogens with zero attached hydrogens (tertiary/aromatic N) is 1. The number of sulfonamides is 1. The van der Waals surface area contributed by atoms with Gasteiger partial charge in [0.05, 0.1) is 3.79 Å². The average molecular weight is 439 g/mol. The molecule has 1 unspecified atom stereocenters. The molecule has 2 heterocycles. The van der Waals surface area contributed by atoms with E-state index in [1.807, 2.05) is 0 Å². The fourth-order valence-electron chi connectivity index (χ4n) is 2.56. The van der Waals surface area contributed by atoms with Gasteiger partial charge >= 0.3 is 6.09 Å². The van der Waals surface area contributed by atoms with E-state index in [2.05, 4.69) is 21.2 Å². The minimum absolute atomic E-state index is 0.251. The van der Waals surface area contributed by atoms with Gasteiger partial charge in [-0.15, -0.1) is 11.3 Å². The van der Waals surface area contributed by atoms with Crippen LogP contribution in [0.15, 0.2) is 20.1 Å². The van der Waals surface area contributed by atoms with Gasteiger partial charge in [-0.1, -0.05) is 6.42 Å². The van der Waals surface area contributed by atoms with Crippen molar-refractivity contribution in [2.75, 3.05) is 13.1 Å². The molecular formula is C15H23BrN2O4S2. The van der Waals surface area contributed by atoms with Crippen LogP contribution < -0.4 is 5.32 Å². The topological polar surface area (TPSA) is 75.7 Å². The first kappa shape index (κ1) is 19.7. The molecule has 24 heavy (non-hydrogen) atoms. The van der Waals surface area contributed by atoms with E-state index in [0.29, 0.717) is 10.8 Å². The van der Waals surface area contributed by atoms with E-state index in [1.165, 1.54) is 15.6 Å². The SMILES string of the molecule is CC(C)(C)OC(=O)NCC1CCCCN1S(=O)(=O)c1ccc(Br)s1. The number of rotatable bonds is 4. The van der Waals surface area contributed by atoms with Gasteiger partial charge < -0.3 is 10.1 Å². The Labute approximate surface area is 155 Å². The highest BCUT2D eigenvalue weighted by Crippen LogP contribution is 2.31. The minimum atomic E-state index is -3.54. The number of thiophene rings is 1. The fourth-order valence-corrected chi connectivity index (χ4v) is 6.39. The molecule has 1 aromatic rings. The van der Waals surface area contributed by atoms with Gasteiger partial charge in [0.1, 0.15) is 9.81 Å². The molecule has 1 amide bonds. The number of alkyl carbamates (subject to hydrolysis) is 1. The van der Waals surface area contributed by atoms with Crippen LogP contribution in [0.4, 0.5) is 4.79 Å². The highest BCUT2D eigenvalue weighted by Gasteiger charge is 2.34. The number of nitrogens with one attached hydrogen (secondary N) is 1. The van der Waals surface area contributed by atoms with Crippen LogP contribution in [-0.4, -0.2) is 43.5 Å². The van der Waals surface area contributed by atoms with E-state index in [4.69, 9.17) is 4.74 Å². The highest BCUT2D eigenvalue weighted by atomic mass is 79.9. The Hall–Kier alpha value is -0.640. The van der Waals surface area contributed by atoms with Gasteiger partial charge in [-0.25, -0.2) is 13.2 Å². The Bertz CT molecular complexity index is 682. The number of halogens is 1. The van der Waals surface area contributed by atoms with Crippen LogP contribution in [0.25, 0.3) is 0 Å². The summed E-state index contributed by atoms with van der Waals surface area (Å²) in [5.74, 6) is 0. The third-order valence-electron chi connectivity index (χ3n) is 3.57. The van der Waals surface area contributed by atoms with Crippen molar-refractivity contribution in [1.29, 1.82) is 0 Å². The normalized spacial score (nSPS) is 19.9. The predicted octanol–water partition coefficient (Wildman–Crippen LogP) is 3.58. The molecule has 6 nitrogen and oxygen atoms in total. The van der Waals surface area contributed by atoms with Crippen molar-refractivity contribution < 1.29 is 17.9 Å². The quantitative estimate of drug-likeness (QED) is 0.778. The summed E-state index contributed by atoms with van der Waals surface area (Å²) >= 11 is 4.50. The summed E-state index contributed by atoms with van der Waals surface area (Å²) in [4.78, 5) is 11.8. The van der Waals surface area contributed by atoms with Crippen LogP contribution in [0.5, 0.6) is 0 Å². The molecule has 2 rings (SSSR count). The van der Waals surface area contributed by atoms with E-state index in [9.17, 15) is 13.2 Å². The number of carbonyl (C=O) groups is 1. The molecule has 1 N–H and O–H groups in total. The molecule has 0 spiro atoms. The summed E-state index contributed by atoms with van der Waals surface area (Å²) in [6, 6.07) is 3.09. The van der Waals surface area contributed by atoms with Gasteiger partial charge in [-0.2, -0.15) is 4.31 Å². The summed E-state index contributed by atoms with van der Waals surface area (Å²) in [5.41, 5.74) is -0.578. The van der Waals surface area contributed by atoms with E-state index in [-0.39, 0.29) is 12.6 Å². The van der Waals surface area contributed by atoms with Crippen LogP contribution in [-0.2, 0) is 14.8 Å². The van der Waals surface area contributed by atoms with Crippen LogP contribution in [0.2, 0.25) is 0 Å². The molecule has 1 atom stereocenters. The molecule has 0 saturated carbocycles. The lowest BCUT2D eigenvalue weighted by Crippen LogP contribution is -2.49. The maximum Gasteiger partial charge on any atom is 0.407 e. The summed E-state index contributed by atoms with van der Waals surface area (Å²) in [7, 11) is -3.54. The zero-order valence-corrected chi connectivity index (χ0v) is 17.3. The Balaban J connectivity index is 2.06. The molecule has 1 aliphatic heterocycles. The highest BCUT2D eigenvalue weighted by molar-refractivity contribution is 9.11. The van der Waals surface area contributed by atoms with Crippen molar-refractivity contribution in [2.24, 2.45) is 0 Å². The number of hydrogen-bond acceptors (Lipinski definition) is 5. The Morgan fingerprint density at radius 3 is 2.71 bits per heavy atom. The van der Waals surface area contributed by atoms with Crippen LogP contribution in [0, 0.1) is 0 Å². The number of carbonyl (C=O) groups excluding carboxylic acids is 1. The molecule has 0 aromatic carbocycles. The Morgan fingerprint density at radius 1 is 1.42 bits per heavy atom. The molecule has 1 aromatic heterocycles. The largest absolute Gasteiger partial charge is 0.444 e. The Morgan fingerprint density at radius 2 is 2.12 bits per heavy atom. The molecule has 0 radical (unpaired) electrons. The van der Waals surface area contributed by atoms with E-state index >= 15 is 0 Å². The van der Waals surface area contributed by atoms with Crippen molar-refractivity contribution in [2.45, 2.75) is 55.9 Å². The summed E-state index contributed by atoms with van der Waals surface area (Å²) in [6.45, 7) is 6.09. The second kappa shape index (κ2) is 7.72. The van der Waals surface area contributed by atoms with Crippen LogP contribution in [0.3, 0.4) is 0 Å². The first-order valence-corrected chi connectivity index (χ1v) is 10.9. The van der Waals surface area contributed by atoms with Crippen molar-refractivity contribution in [3.8, 4) is 0 Å². The lowest BCUT2D eigenvalue weighted by molar-refractivity contribution is 0.0512. The molecular weight excluding hydrogens is 416 g/mol. The molecule has 0 aliphatic carbocycles. The zero-order valence-electron chi connectivity index (χ0n) is 14.0.